The monoisotopic (exact) mass is 167 g/mol. The minimum absolute atomic E-state index is 0.273. The van der Waals surface area contributed by atoms with Crippen LogP contribution in [0.15, 0.2) is 0 Å². The lowest BCUT2D eigenvalue weighted by molar-refractivity contribution is -0.114. The van der Waals surface area contributed by atoms with Crippen LogP contribution in [0.4, 0.5) is 0 Å². The van der Waals surface area contributed by atoms with Crippen molar-refractivity contribution in [1.82, 2.24) is 0 Å². The molecule has 0 bridgehead atoms. The first-order valence-corrected chi connectivity index (χ1v) is 4.74. The van der Waals surface area contributed by atoms with Gasteiger partial charge in [0.25, 0.3) is 0 Å². The number of nitrogens with zero attached hydrogens (tertiary/aromatic N) is 1. The van der Waals surface area contributed by atoms with Crippen molar-refractivity contribution in [3.63, 3.8) is 0 Å². The summed E-state index contributed by atoms with van der Waals surface area (Å²) in [5.74, 6) is -0.273. The minimum atomic E-state index is -0.273. The Hall–Kier alpha value is -0.840. The van der Waals surface area contributed by atoms with Gasteiger partial charge in [0.2, 0.25) is 5.78 Å². The SMILES string of the molecule is CCCCCCCCC(=O)C#N. The molecule has 0 saturated carbocycles. The largest absolute Gasteiger partial charge is 0.283 e. The van der Waals surface area contributed by atoms with E-state index in [1.807, 2.05) is 0 Å². The fraction of sp³-hybridized carbons (Fsp3) is 0.800. The summed E-state index contributed by atoms with van der Waals surface area (Å²) in [5, 5.41) is 8.18. The van der Waals surface area contributed by atoms with E-state index in [2.05, 4.69) is 6.92 Å². The topological polar surface area (TPSA) is 40.9 Å². The van der Waals surface area contributed by atoms with E-state index in [9.17, 15) is 4.79 Å². The van der Waals surface area contributed by atoms with Crippen molar-refractivity contribution < 1.29 is 4.79 Å². The van der Waals surface area contributed by atoms with Crippen LogP contribution >= 0.6 is 0 Å². The van der Waals surface area contributed by atoms with E-state index < -0.39 is 0 Å². The van der Waals surface area contributed by atoms with E-state index in [1.54, 1.807) is 6.07 Å². The number of carbonyl (C=O) groups is 1. The summed E-state index contributed by atoms with van der Waals surface area (Å²) in [5.41, 5.74) is 0. The smallest absolute Gasteiger partial charge is 0.231 e. The molecule has 0 atom stereocenters. The van der Waals surface area contributed by atoms with Gasteiger partial charge in [0.05, 0.1) is 0 Å². The van der Waals surface area contributed by atoms with E-state index in [1.165, 1.54) is 25.7 Å². The molecular weight excluding hydrogens is 150 g/mol. The fourth-order valence-electron chi connectivity index (χ4n) is 1.12. The quantitative estimate of drug-likeness (QED) is 0.432. The zero-order valence-corrected chi connectivity index (χ0v) is 7.81. The van der Waals surface area contributed by atoms with E-state index in [-0.39, 0.29) is 5.78 Å². The highest BCUT2D eigenvalue weighted by atomic mass is 16.1. The molecule has 0 aliphatic carbocycles. The molecule has 0 unspecified atom stereocenters. The number of Topliss-reactive ketones (excluding diaryl/α,β-unsaturated/α-hetero) is 1. The maximum atomic E-state index is 10.5. The predicted octanol–water partition coefficient (Wildman–Crippen LogP) is 2.83. The normalized spacial score (nSPS) is 9.33. The van der Waals surface area contributed by atoms with Crippen molar-refractivity contribution in [2.45, 2.75) is 51.9 Å². The lowest BCUT2D eigenvalue weighted by atomic mass is 10.1. The molecule has 0 heterocycles. The maximum absolute atomic E-state index is 10.5. The Morgan fingerprint density at radius 3 is 2.33 bits per heavy atom. The molecule has 0 amide bonds. The van der Waals surface area contributed by atoms with Gasteiger partial charge in [-0.15, -0.1) is 0 Å². The highest BCUT2D eigenvalue weighted by molar-refractivity contribution is 5.93. The van der Waals surface area contributed by atoms with E-state index in [4.69, 9.17) is 5.26 Å². The molecule has 0 aliphatic rings. The molecule has 0 radical (unpaired) electrons. The molecule has 0 N–H and O–H groups in total. The van der Waals surface area contributed by atoms with E-state index in [0.29, 0.717) is 6.42 Å². The van der Waals surface area contributed by atoms with Crippen LogP contribution < -0.4 is 0 Å². The van der Waals surface area contributed by atoms with Crippen molar-refractivity contribution in [3.8, 4) is 6.07 Å². The molecule has 0 aromatic heterocycles. The Bertz CT molecular complexity index is 158. The highest BCUT2D eigenvalue weighted by Gasteiger charge is 1.97. The molecule has 0 saturated heterocycles. The van der Waals surface area contributed by atoms with Crippen LogP contribution in [0.25, 0.3) is 0 Å². The molecule has 0 spiro atoms. The van der Waals surface area contributed by atoms with E-state index in [0.717, 1.165) is 12.8 Å². The van der Waals surface area contributed by atoms with Crippen LogP contribution in [0.5, 0.6) is 0 Å². The van der Waals surface area contributed by atoms with Crippen LogP contribution in [-0.4, -0.2) is 5.78 Å². The summed E-state index contributed by atoms with van der Waals surface area (Å²) in [4.78, 5) is 10.5. The van der Waals surface area contributed by atoms with Gasteiger partial charge in [-0.1, -0.05) is 39.0 Å². The van der Waals surface area contributed by atoms with Crippen LogP contribution in [0, 0.1) is 11.3 Å². The van der Waals surface area contributed by atoms with Gasteiger partial charge in [-0.2, -0.15) is 5.26 Å². The molecule has 0 rings (SSSR count). The number of unbranched alkanes of at least 4 members (excludes halogenated alkanes) is 5. The first-order valence-electron chi connectivity index (χ1n) is 4.74. The highest BCUT2D eigenvalue weighted by Crippen LogP contribution is 2.06. The predicted molar refractivity (Wildman–Crippen MR) is 48.6 cm³/mol. The van der Waals surface area contributed by atoms with Crippen molar-refractivity contribution >= 4 is 5.78 Å². The average Bonchev–Trinajstić information content (AvgIpc) is 2.10. The first-order chi connectivity index (χ1) is 5.81. The standard InChI is InChI=1S/C10H17NO/c1-2-3-4-5-6-7-8-10(12)9-11/h2-8H2,1H3. The van der Waals surface area contributed by atoms with Crippen molar-refractivity contribution in [2.24, 2.45) is 0 Å². The van der Waals surface area contributed by atoms with Gasteiger partial charge >= 0.3 is 0 Å². The molecule has 0 fully saturated rings. The Morgan fingerprint density at radius 1 is 1.17 bits per heavy atom. The van der Waals surface area contributed by atoms with Gasteiger partial charge in [0.1, 0.15) is 6.07 Å². The van der Waals surface area contributed by atoms with Gasteiger partial charge in [-0.25, -0.2) is 0 Å². The Labute approximate surface area is 74.6 Å². The maximum Gasteiger partial charge on any atom is 0.231 e. The van der Waals surface area contributed by atoms with Crippen molar-refractivity contribution in [1.29, 1.82) is 5.26 Å². The number of nitriles is 1. The summed E-state index contributed by atoms with van der Waals surface area (Å²) in [6.07, 6.45) is 7.42. The van der Waals surface area contributed by atoms with Gasteiger partial charge < -0.3 is 0 Å². The van der Waals surface area contributed by atoms with Gasteiger partial charge in [0.15, 0.2) is 0 Å². The summed E-state index contributed by atoms with van der Waals surface area (Å²) < 4.78 is 0. The van der Waals surface area contributed by atoms with E-state index >= 15 is 0 Å². The van der Waals surface area contributed by atoms with Crippen molar-refractivity contribution in [3.05, 3.63) is 0 Å². The molecule has 12 heavy (non-hydrogen) atoms. The minimum Gasteiger partial charge on any atom is -0.283 e. The van der Waals surface area contributed by atoms with Crippen LogP contribution in [0.3, 0.4) is 0 Å². The second kappa shape index (κ2) is 8.26. The van der Waals surface area contributed by atoms with Gasteiger partial charge in [-0.3, -0.25) is 4.79 Å². The zero-order valence-electron chi connectivity index (χ0n) is 7.81. The molecule has 0 aromatic rings. The number of hydrogen-bond acceptors (Lipinski definition) is 2. The first kappa shape index (κ1) is 11.2. The summed E-state index contributed by atoms with van der Waals surface area (Å²) in [6.45, 7) is 2.18. The Morgan fingerprint density at radius 2 is 1.75 bits per heavy atom. The molecule has 2 heteroatoms. The summed E-state index contributed by atoms with van der Waals surface area (Å²) in [6, 6.07) is 1.63. The second-order valence-corrected chi connectivity index (χ2v) is 3.05. The molecular formula is C10H17NO. The van der Waals surface area contributed by atoms with Crippen LogP contribution in [0.2, 0.25) is 0 Å². The average molecular weight is 167 g/mol. The van der Waals surface area contributed by atoms with Crippen LogP contribution in [0.1, 0.15) is 51.9 Å². The number of ketones is 1. The third kappa shape index (κ3) is 7.27. The number of hydrogen-bond donors (Lipinski definition) is 0. The lowest BCUT2D eigenvalue weighted by Crippen LogP contribution is -1.91. The second-order valence-electron chi connectivity index (χ2n) is 3.05. The molecule has 0 aromatic carbocycles. The fourth-order valence-corrected chi connectivity index (χ4v) is 1.12. The number of carbonyl (C=O) groups excluding carboxylic acids is 1. The lowest BCUT2D eigenvalue weighted by Gasteiger charge is -1.96. The third-order valence-corrected chi connectivity index (χ3v) is 1.88. The Balaban J connectivity index is 3.02. The summed E-state index contributed by atoms with van der Waals surface area (Å²) >= 11 is 0. The zero-order chi connectivity index (χ0) is 9.23. The molecule has 2 nitrogen and oxygen atoms in total. The molecule has 0 aliphatic heterocycles. The third-order valence-electron chi connectivity index (χ3n) is 1.88. The Kier molecular flexibility index (Phi) is 7.68. The van der Waals surface area contributed by atoms with Gasteiger partial charge in [0, 0.05) is 6.42 Å². The van der Waals surface area contributed by atoms with Gasteiger partial charge in [-0.05, 0) is 6.42 Å². The summed E-state index contributed by atoms with van der Waals surface area (Å²) in [7, 11) is 0. The van der Waals surface area contributed by atoms with Crippen LogP contribution in [-0.2, 0) is 4.79 Å². The number of rotatable bonds is 7. The van der Waals surface area contributed by atoms with Crippen molar-refractivity contribution in [2.75, 3.05) is 0 Å². The molecule has 68 valence electrons.